The summed E-state index contributed by atoms with van der Waals surface area (Å²) in [6.07, 6.45) is 0. The summed E-state index contributed by atoms with van der Waals surface area (Å²) in [5.74, 6) is 1.96. The molecule has 0 aliphatic heterocycles. The summed E-state index contributed by atoms with van der Waals surface area (Å²) in [6.45, 7) is 0. The van der Waals surface area contributed by atoms with Crippen LogP contribution in [0.3, 0.4) is 0 Å². The molecule has 40 heavy (non-hydrogen) atoms. The van der Waals surface area contributed by atoms with E-state index in [0.29, 0.717) is 17.5 Å². The molecule has 0 saturated heterocycles. The summed E-state index contributed by atoms with van der Waals surface area (Å²) in [6, 6.07) is 41.6. The van der Waals surface area contributed by atoms with Crippen LogP contribution in [0.5, 0.6) is 0 Å². The van der Waals surface area contributed by atoms with Gasteiger partial charge in [0, 0.05) is 42.4 Å². The van der Waals surface area contributed by atoms with E-state index in [4.69, 9.17) is 19.9 Å². The predicted molar refractivity (Wildman–Crippen MR) is 168 cm³/mol. The minimum atomic E-state index is 0.637. The van der Waals surface area contributed by atoms with E-state index < -0.39 is 0 Å². The zero-order valence-electron chi connectivity index (χ0n) is 21.2. The van der Waals surface area contributed by atoms with Crippen LogP contribution in [0, 0.1) is 0 Å². The quantitative estimate of drug-likeness (QED) is 0.220. The molecule has 3 aromatic heterocycles. The van der Waals surface area contributed by atoms with Crippen LogP contribution in [-0.2, 0) is 0 Å². The van der Waals surface area contributed by atoms with Crippen molar-refractivity contribution in [1.82, 2.24) is 19.9 Å². The molecule has 0 bridgehead atoms. The van der Waals surface area contributed by atoms with E-state index in [-0.39, 0.29) is 0 Å². The Hall–Kier alpha value is -4.78. The van der Waals surface area contributed by atoms with Crippen molar-refractivity contribution in [3.63, 3.8) is 0 Å². The largest absolute Gasteiger partial charge is 0.236 e. The molecule has 0 aliphatic carbocycles. The van der Waals surface area contributed by atoms with Crippen LogP contribution in [0.2, 0.25) is 0 Å². The van der Waals surface area contributed by atoms with Crippen molar-refractivity contribution in [3.05, 3.63) is 121 Å². The lowest BCUT2D eigenvalue weighted by molar-refractivity contribution is 1.08. The van der Waals surface area contributed by atoms with Gasteiger partial charge in [0.15, 0.2) is 17.5 Å². The normalized spacial score (nSPS) is 11.5. The molecule has 0 saturated carbocycles. The molecule has 8 aromatic rings. The fraction of sp³-hybridized carbons (Fsp3) is 0. The second kappa shape index (κ2) is 9.45. The first kappa shape index (κ1) is 23.1. The van der Waals surface area contributed by atoms with Crippen molar-refractivity contribution in [3.8, 4) is 44.7 Å². The number of aromatic nitrogens is 4. The van der Waals surface area contributed by atoms with Gasteiger partial charge in [0.25, 0.3) is 0 Å². The Morgan fingerprint density at radius 3 is 1.93 bits per heavy atom. The summed E-state index contributed by atoms with van der Waals surface area (Å²) < 4.78 is 3.57. The Balaban J connectivity index is 1.32. The van der Waals surface area contributed by atoms with Crippen molar-refractivity contribution in [1.29, 1.82) is 0 Å². The second-order valence-electron chi connectivity index (χ2n) is 9.52. The van der Waals surface area contributed by atoms with Crippen molar-refractivity contribution >= 4 is 53.1 Å². The zero-order valence-corrected chi connectivity index (χ0v) is 22.8. The van der Waals surface area contributed by atoms with E-state index in [1.54, 1.807) is 22.7 Å². The van der Waals surface area contributed by atoms with E-state index in [1.165, 1.54) is 20.2 Å². The van der Waals surface area contributed by atoms with Crippen LogP contribution in [0.15, 0.2) is 121 Å². The molecule has 5 aromatic carbocycles. The molecule has 0 spiro atoms. The molecule has 0 N–H and O–H groups in total. The first-order chi connectivity index (χ1) is 19.8. The highest BCUT2D eigenvalue weighted by atomic mass is 32.1. The van der Waals surface area contributed by atoms with Crippen LogP contribution in [-0.4, -0.2) is 19.9 Å². The maximum Gasteiger partial charge on any atom is 0.165 e. The molecular formula is C34H20N4S2. The summed E-state index contributed by atoms with van der Waals surface area (Å²) in [4.78, 5) is 19.9. The van der Waals surface area contributed by atoms with Gasteiger partial charge in [0.1, 0.15) is 5.01 Å². The van der Waals surface area contributed by atoms with E-state index in [9.17, 15) is 0 Å². The Labute approximate surface area is 238 Å². The van der Waals surface area contributed by atoms with Gasteiger partial charge in [-0.1, -0.05) is 91.0 Å². The molecular weight excluding hydrogens is 529 g/mol. The van der Waals surface area contributed by atoms with Gasteiger partial charge < -0.3 is 0 Å². The molecule has 0 unspecified atom stereocenters. The second-order valence-corrected chi connectivity index (χ2v) is 11.6. The Morgan fingerprint density at radius 2 is 1.10 bits per heavy atom. The predicted octanol–water partition coefficient (Wildman–Crippen LogP) is 9.52. The van der Waals surface area contributed by atoms with Gasteiger partial charge in [-0.25, -0.2) is 19.9 Å². The maximum absolute atomic E-state index is 5.05. The molecule has 8 rings (SSSR count). The summed E-state index contributed by atoms with van der Waals surface area (Å²) in [5.41, 5.74) is 4.95. The lowest BCUT2D eigenvalue weighted by atomic mass is 10.1. The van der Waals surface area contributed by atoms with Gasteiger partial charge in [-0.3, -0.25) is 0 Å². The smallest absolute Gasteiger partial charge is 0.165 e. The monoisotopic (exact) mass is 548 g/mol. The number of nitrogens with zero attached hydrogens (tertiary/aromatic N) is 4. The van der Waals surface area contributed by atoms with E-state index in [1.807, 2.05) is 48.5 Å². The highest BCUT2D eigenvalue weighted by molar-refractivity contribution is 7.26. The number of thiophene rings is 1. The molecule has 188 valence electrons. The molecule has 0 aliphatic rings. The fourth-order valence-corrected chi connectivity index (χ4v) is 7.20. The Morgan fingerprint density at radius 1 is 0.425 bits per heavy atom. The standard InChI is InChI=1S/C34H20N4S2/c1-3-10-21(11-4-1)31-36-32(23-18-19-29-27(20-23)35-34(40-29)22-12-5-2-6-13-22)38-33(37-31)26-16-9-15-25-24-14-7-8-17-28(24)39-30(25)26/h1-20H. The molecule has 0 radical (unpaired) electrons. The van der Waals surface area contributed by atoms with Crippen molar-refractivity contribution in [2.75, 3.05) is 0 Å². The van der Waals surface area contributed by atoms with Crippen LogP contribution >= 0.6 is 22.7 Å². The first-order valence-corrected chi connectivity index (χ1v) is 14.6. The SMILES string of the molecule is c1ccc(-c2nc(-c3ccc4sc(-c5ccccc5)nc4c3)nc(-c3cccc4c3sc3ccccc34)n2)cc1. The molecule has 6 heteroatoms. The van der Waals surface area contributed by atoms with Gasteiger partial charge in [-0.2, -0.15) is 0 Å². The van der Waals surface area contributed by atoms with Crippen LogP contribution < -0.4 is 0 Å². The Kier molecular flexibility index (Phi) is 5.47. The number of thiazole rings is 1. The summed E-state index contributed by atoms with van der Waals surface area (Å²) in [7, 11) is 0. The minimum Gasteiger partial charge on any atom is -0.236 e. The minimum absolute atomic E-state index is 0.637. The number of fused-ring (bicyclic) bond motifs is 4. The van der Waals surface area contributed by atoms with Gasteiger partial charge in [0.2, 0.25) is 0 Å². The highest BCUT2D eigenvalue weighted by Gasteiger charge is 2.17. The average molecular weight is 549 g/mol. The van der Waals surface area contributed by atoms with Crippen LogP contribution in [0.1, 0.15) is 0 Å². The average Bonchev–Trinajstić information content (AvgIpc) is 3.63. The lowest BCUT2D eigenvalue weighted by Gasteiger charge is -2.09. The zero-order chi connectivity index (χ0) is 26.5. The number of hydrogen-bond acceptors (Lipinski definition) is 6. The summed E-state index contributed by atoms with van der Waals surface area (Å²) in [5, 5.41) is 3.48. The molecule has 0 fully saturated rings. The van der Waals surface area contributed by atoms with Gasteiger partial charge in [-0.15, -0.1) is 22.7 Å². The van der Waals surface area contributed by atoms with E-state index >= 15 is 0 Å². The van der Waals surface area contributed by atoms with Gasteiger partial charge >= 0.3 is 0 Å². The third kappa shape index (κ3) is 3.97. The fourth-order valence-electron chi connectivity index (χ4n) is 5.04. The number of benzene rings is 5. The molecule has 0 atom stereocenters. The van der Waals surface area contributed by atoms with E-state index in [2.05, 4.69) is 72.8 Å². The van der Waals surface area contributed by atoms with Crippen molar-refractivity contribution < 1.29 is 0 Å². The van der Waals surface area contributed by atoms with Crippen molar-refractivity contribution in [2.45, 2.75) is 0 Å². The van der Waals surface area contributed by atoms with Gasteiger partial charge in [0.05, 0.1) is 10.2 Å². The third-order valence-corrected chi connectivity index (χ3v) is 9.28. The van der Waals surface area contributed by atoms with Gasteiger partial charge in [-0.05, 0) is 30.3 Å². The number of rotatable bonds is 4. The maximum atomic E-state index is 5.05. The topological polar surface area (TPSA) is 51.6 Å². The molecule has 0 amide bonds. The Bertz CT molecular complexity index is 2170. The molecule has 3 heterocycles. The van der Waals surface area contributed by atoms with Crippen molar-refractivity contribution in [2.24, 2.45) is 0 Å². The molecule has 4 nitrogen and oxygen atoms in total. The highest BCUT2D eigenvalue weighted by Crippen LogP contribution is 2.40. The van der Waals surface area contributed by atoms with E-state index in [0.717, 1.165) is 37.5 Å². The first-order valence-electron chi connectivity index (χ1n) is 13.0. The third-order valence-electron chi connectivity index (χ3n) is 6.98. The summed E-state index contributed by atoms with van der Waals surface area (Å²) >= 11 is 3.47. The van der Waals surface area contributed by atoms with Crippen LogP contribution in [0.25, 0.3) is 75.1 Å². The van der Waals surface area contributed by atoms with Crippen LogP contribution in [0.4, 0.5) is 0 Å². The lowest BCUT2D eigenvalue weighted by Crippen LogP contribution is -2.00. The number of hydrogen-bond donors (Lipinski definition) is 0.